The second-order valence-corrected chi connectivity index (χ2v) is 7.78. The van der Waals surface area contributed by atoms with Crippen LogP contribution in [-0.2, 0) is 4.79 Å². The second kappa shape index (κ2) is 7.46. The summed E-state index contributed by atoms with van der Waals surface area (Å²) in [6, 6.07) is 2.12. The average Bonchev–Trinajstić information content (AvgIpc) is 2.92. The highest BCUT2D eigenvalue weighted by atomic mass is 32.1. The molecule has 3 rings (SSSR count). The molecule has 0 spiro atoms. The smallest absolute Gasteiger partial charge is 0.272 e. The first-order valence-corrected chi connectivity index (χ1v) is 9.47. The van der Waals surface area contributed by atoms with Crippen molar-refractivity contribution in [3.8, 4) is 0 Å². The largest absolute Gasteiger partial charge is 0.397 e. The van der Waals surface area contributed by atoms with Crippen molar-refractivity contribution >= 4 is 44.7 Å². The van der Waals surface area contributed by atoms with Gasteiger partial charge in [0.25, 0.3) is 10.7 Å². The predicted octanol–water partition coefficient (Wildman–Crippen LogP) is 0.0431. The first-order valence-electron chi connectivity index (χ1n) is 8.66. The first kappa shape index (κ1) is 18.4. The Balaban J connectivity index is 1.74. The zero-order valence-corrected chi connectivity index (χ0v) is 15.9. The van der Waals surface area contributed by atoms with Gasteiger partial charge in [-0.15, -0.1) is 0 Å². The number of nitrogens with two attached hydrogens (primary N) is 2. The van der Waals surface area contributed by atoms with E-state index in [0.29, 0.717) is 17.1 Å². The summed E-state index contributed by atoms with van der Waals surface area (Å²) in [5.41, 5.74) is 13.0. The predicted molar refractivity (Wildman–Crippen MR) is 103 cm³/mol. The van der Waals surface area contributed by atoms with Gasteiger partial charge in [0.05, 0.1) is 17.9 Å². The topological polar surface area (TPSA) is 119 Å². The number of anilines is 2. The van der Waals surface area contributed by atoms with Crippen LogP contribution in [0.2, 0.25) is 0 Å². The molecule has 9 heteroatoms. The number of nitrogens with one attached hydrogen (secondary N) is 2. The van der Waals surface area contributed by atoms with Crippen molar-refractivity contribution in [3.05, 3.63) is 17.1 Å². The summed E-state index contributed by atoms with van der Waals surface area (Å²) in [6.45, 7) is 7.48. The van der Waals surface area contributed by atoms with Crippen molar-refractivity contribution in [2.24, 2.45) is 5.73 Å². The lowest BCUT2D eigenvalue weighted by Gasteiger charge is -2.35. The molecule has 2 amide bonds. The summed E-state index contributed by atoms with van der Waals surface area (Å²) in [6.07, 6.45) is 1.85. The number of aromatic nitrogens is 1. The van der Waals surface area contributed by atoms with Gasteiger partial charge in [-0.05, 0) is 13.8 Å². The number of aromatic amines is 1. The number of piperazine rings is 1. The zero-order chi connectivity index (χ0) is 18.8. The number of amides is 2. The molecule has 3 heterocycles. The number of primary amides is 1. The lowest BCUT2D eigenvalue weighted by Crippen LogP contribution is -2.50. The van der Waals surface area contributed by atoms with Crippen LogP contribution >= 0.6 is 11.3 Å². The van der Waals surface area contributed by atoms with Gasteiger partial charge in [0.1, 0.15) is 10.3 Å². The average molecular weight is 377 g/mol. The molecule has 26 heavy (non-hydrogen) atoms. The molecule has 1 fully saturated rings. The van der Waals surface area contributed by atoms with Gasteiger partial charge >= 0.3 is 0 Å². The lowest BCUT2D eigenvalue weighted by atomic mass is 10.2. The normalized spacial score (nSPS) is 15.6. The van der Waals surface area contributed by atoms with Gasteiger partial charge < -0.3 is 21.7 Å². The molecule has 0 atom stereocenters. The number of hydrogen-bond donors (Lipinski definition) is 3. The van der Waals surface area contributed by atoms with E-state index >= 15 is 0 Å². The Morgan fingerprint density at radius 1 is 1.31 bits per heavy atom. The summed E-state index contributed by atoms with van der Waals surface area (Å²) in [5, 5.41) is 3.77. The standard InChI is InChI=1S/C17H24N6O2S/c1-10(2)21-12(24)9-22-5-7-23(8-6-22)11-3-4-20-17-13(11)14(18)15(26-17)16(19)25/h3-4,10H,5-9,18H2,1-2H3,(H2,19,25)(H,21,24)/p+1. The Morgan fingerprint density at radius 3 is 2.62 bits per heavy atom. The van der Waals surface area contributed by atoms with Crippen molar-refractivity contribution in [2.75, 3.05) is 43.4 Å². The molecule has 0 unspecified atom stereocenters. The second-order valence-electron chi connectivity index (χ2n) is 6.76. The van der Waals surface area contributed by atoms with Gasteiger partial charge in [0.2, 0.25) is 5.91 Å². The summed E-state index contributed by atoms with van der Waals surface area (Å²) < 4.78 is 0. The number of nitrogens with zero attached hydrogens (tertiary/aromatic N) is 2. The van der Waals surface area contributed by atoms with Gasteiger partial charge in [0, 0.05) is 38.3 Å². The molecular formula is C17H25N6O2S+. The minimum atomic E-state index is -0.510. The molecule has 0 saturated carbocycles. The molecule has 0 aromatic carbocycles. The number of carbonyl (C=O) groups excluding carboxylic acids is 2. The molecule has 1 aliphatic rings. The molecule has 6 N–H and O–H groups in total. The third kappa shape index (κ3) is 3.73. The van der Waals surface area contributed by atoms with Crippen LogP contribution in [-0.4, -0.2) is 55.5 Å². The highest BCUT2D eigenvalue weighted by Gasteiger charge is 2.26. The van der Waals surface area contributed by atoms with Crippen LogP contribution in [0.15, 0.2) is 12.3 Å². The van der Waals surface area contributed by atoms with E-state index in [-0.39, 0.29) is 11.9 Å². The van der Waals surface area contributed by atoms with E-state index in [9.17, 15) is 9.59 Å². The number of fused-ring (bicyclic) bond motifs is 1. The number of rotatable bonds is 5. The van der Waals surface area contributed by atoms with E-state index < -0.39 is 5.91 Å². The maximum Gasteiger partial charge on any atom is 0.272 e. The molecule has 2 aromatic heterocycles. The van der Waals surface area contributed by atoms with E-state index in [0.717, 1.165) is 42.1 Å². The number of H-pyrrole nitrogens is 1. The van der Waals surface area contributed by atoms with Crippen LogP contribution in [0, 0.1) is 0 Å². The van der Waals surface area contributed by atoms with Crippen LogP contribution in [0.4, 0.5) is 11.4 Å². The lowest BCUT2D eigenvalue weighted by molar-refractivity contribution is -0.341. The zero-order valence-electron chi connectivity index (χ0n) is 15.0. The fourth-order valence-corrected chi connectivity index (χ4v) is 4.20. The van der Waals surface area contributed by atoms with Crippen molar-refractivity contribution in [1.29, 1.82) is 0 Å². The maximum absolute atomic E-state index is 11.9. The Morgan fingerprint density at radius 2 is 2.00 bits per heavy atom. The van der Waals surface area contributed by atoms with Crippen molar-refractivity contribution in [2.45, 2.75) is 19.9 Å². The minimum absolute atomic E-state index is 0.0540. The van der Waals surface area contributed by atoms with E-state index in [2.05, 4.69) is 20.1 Å². The van der Waals surface area contributed by atoms with Crippen LogP contribution < -0.4 is 26.7 Å². The summed E-state index contributed by atoms with van der Waals surface area (Å²) >= 11 is 1.28. The van der Waals surface area contributed by atoms with Crippen LogP contribution in [0.1, 0.15) is 23.5 Å². The summed E-state index contributed by atoms with van der Waals surface area (Å²) in [5.74, 6) is -0.456. The van der Waals surface area contributed by atoms with Crippen molar-refractivity contribution < 1.29 is 14.6 Å². The Kier molecular flexibility index (Phi) is 5.28. The number of pyridine rings is 1. The van der Waals surface area contributed by atoms with Gasteiger partial charge in [0.15, 0.2) is 6.20 Å². The van der Waals surface area contributed by atoms with Crippen LogP contribution in [0.25, 0.3) is 10.2 Å². The van der Waals surface area contributed by atoms with Crippen LogP contribution in [0.5, 0.6) is 0 Å². The molecule has 2 aromatic rings. The van der Waals surface area contributed by atoms with E-state index in [1.165, 1.54) is 11.3 Å². The van der Waals surface area contributed by atoms with Gasteiger partial charge in [-0.1, -0.05) is 11.3 Å². The first-order chi connectivity index (χ1) is 12.4. The molecule has 1 saturated heterocycles. The molecule has 8 nitrogen and oxygen atoms in total. The van der Waals surface area contributed by atoms with Crippen molar-refractivity contribution in [3.63, 3.8) is 0 Å². The van der Waals surface area contributed by atoms with E-state index in [1.54, 1.807) is 0 Å². The Labute approximate surface area is 156 Å². The molecule has 1 aliphatic heterocycles. The fraction of sp³-hybridized carbons (Fsp3) is 0.471. The quantitative estimate of drug-likeness (QED) is 0.680. The van der Waals surface area contributed by atoms with Gasteiger partial charge in [-0.2, -0.15) is 0 Å². The Bertz CT molecular complexity index is 826. The third-order valence-electron chi connectivity index (χ3n) is 4.41. The number of nitrogen functional groups attached to an aromatic ring is 1. The molecular weight excluding hydrogens is 352 g/mol. The summed E-state index contributed by atoms with van der Waals surface area (Å²) in [4.78, 5) is 32.3. The maximum atomic E-state index is 11.9. The molecule has 0 aliphatic carbocycles. The number of thiophene rings is 1. The summed E-state index contributed by atoms with van der Waals surface area (Å²) in [7, 11) is 0. The third-order valence-corrected chi connectivity index (χ3v) is 5.56. The van der Waals surface area contributed by atoms with Crippen molar-refractivity contribution in [1.82, 2.24) is 10.2 Å². The van der Waals surface area contributed by atoms with Gasteiger partial charge in [-0.25, -0.2) is 4.98 Å². The number of hydrogen-bond acceptors (Lipinski definition) is 6. The van der Waals surface area contributed by atoms with Gasteiger partial charge in [-0.3, -0.25) is 14.5 Å². The van der Waals surface area contributed by atoms with E-state index in [4.69, 9.17) is 11.5 Å². The highest BCUT2D eigenvalue weighted by molar-refractivity contribution is 7.20. The van der Waals surface area contributed by atoms with Crippen LogP contribution in [0.3, 0.4) is 0 Å². The molecule has 0 radical (unpaired) electrons. The molecule has 0 bridgehead atoms. The number of carbonyl (C=O) groups is 2. The van der Waals surface area contributed by atoms with E-state index in [1.807, 2.05) is 26.1 Å². The molecule has 140 valence electrons. The minimum Gasteiger partial charge on any atom is -0.397 e. The monoisotopic (exact) mass is 377 g/mol. The SMILES string of the molecule is CC(C)NC(=O)CN1CCN(c2cc[nH+]c3sc(C(N)=O)c(N)c23)CC1. The highest BCUT2D eigenvalue weighted by Crippen LogP contribution is 2.37. The Hall–Kier alpha value is -2.39. The fourth-order valence-electron chi connectivity index (χ4n) is 3.24.